The summed E-state index contributed by atoms with van der Waals surface area (Å²) in [6, 6.07) is 0. The number of hydrogen-bond acceptors (Lipinski definition) is 5. The second-order valence-corrected chi connectivity index (χ2v) is 4.00. The molecule has 100 valence electrons. The first-order chi connectivity index (χ1) is 8.52. The molecule has 0 fully saturated rings. The summed E-state index contributed by atoms with van der Waals surface area (Å²) in [5, 5.41) is 0. The van der Waals surface area contributed by atoms with E-state index in [9.17, 15) is 9.59 Å². The van der Waals surface area contributed by atoms with E-state index in [1.807, 2.05) is 6.08 Å². The third kappa shape index (κ3) is 4.71. The summed E-state index contributed by atoms with van der Waals surface area (Å²) >= 11 is 0. The first kappa shape index (κ1) is 14.4. The molecule has 0 radical (unpaired) electrons. The molecule has 0 aromatic rings. The average molecular weight is 254 g/mol. The molecule has 3 atom stereocenters. The van der Waals surface area contributed by atoms with Crippen LogP contribution in [-0.4, -0.2) is 36.9 Å². The normalized spacial score (nSPS) is 26.4. The summed E-state index contributed by atoms with van der Waals surface area (Å²) < 4.78 is 15.7. The van der Waals surface area contributed by atoms with Gasteiger partial charge in [0.05, 0.1) is 6.10 Å². The topological polar surface area (TPSA) is 61.8 Å². The van der Waals surface area contributed by atoms with Gasteiger partial charge in [-0.25, -0.2) is 0 Å². The summed E-state index contributed by atoms with van der Waals surface area (Å²) in [4.78, 5) is 21.8. The first-order valence-corrected chi connectivity index (χ1v) is 5.78. The van der Waals surface area contributed by atoms with Crippen LogP contribution >= 0.6 is 0 Å². The van der Waals surface area contributed by atoms with Crippen molar-refractivity contribution in [3.05, 3.63) is 24.8 Å². The largest absolute Gasteiger partial charge is 0.463 e. The van der Waals surface area contributed by atoms with Crippen molar-refractivity contribution in [3.63, 3.8) is 0 Å². The van der Waals surface area contributed by atoms with Gasteiger partial charge in [0.2, 0.25) is 0 Å². The van der Waals surface area contributed by atoms with E-state index in [4.69, 9.17) is 14.2 Å². The zero-order valence-corrected chi connectivity index (χ0v) is 10.6. The Bertz CT molecular complexity index is 347. The summed E-state index contributed by atoms with van der Waals surface area (Å²) in [6.45, 7) is 6.34. The van der Waals surface area contributed by atoms with Crippen LogP contribution in [0.5, 0.6) is 0 Å². The van der Waals surface area contributed by atoms with Gasteiger partial charge in [-0.05, 0) is 12.5 Å². The Morgan fingerprint density at radius 1 is 1.33 bits per heavy atom. The molecule has 1 heterocycles. The van der Waals surface area contributed by atoms with Gasteiger partial charge in [0.15, 0.2) is 0 Å². The predicted octanol–water partition coefficient (Wildman–Crippen LogP) is 1.38. The van der Waals surface area contributed by atoms with Crippen LogP contribution in [0.25, 0.3) is 0 Å². The van der Waals surface area contributed by atoms with Crippen LogP contribution < -0.4 is 0 Å². The molecule has 0 spiro atoms. The Morgan fingerprint density at radius 2 is 2.06 bits per heavy atom. The van der Waals surface area contributed by atoms with Crippen LogP contribution in [0, 0.1) is 0 Å². The van der Waals surface area contributed by atoms with E-state index in [1.54, 1.807) is 12.2 Å². The molecule has 5 heteroatoms. The van der Waals surface area contributed by atoms with Gasteiger partial charge in [-0.2, -0.15) is 0 Å². The number of ether oxygens (including phenoxy) is 3. The van der Waals surface area contributed by atoms with Crippen molar-refractivity contribution in [1.82, 2.24) is 0 Å². The minimum Gasteiger partial charge on any atom is -0.463 e. The number of carbonyl (C=O) groups excluding carboxylic acids is 2. The predicted molar refractivity (Wildman–Crippen MR) is 64.8 cm³/mol. The monoisotopic (exact) mass is 254 g/mol. The van der Waals surface area contributed by atoms with Gasteiger partial charge < -0.3 is 14.2 Å². The maximum absolute atomic E-state index is 11.0. The standard InChI is InChI=1S/C13H18O5/c1-4-5-11-6-7-12(17-10(3)15)13(18-11)8-16-9(2)14/h4,6-7,11-13H,1,5,8H2,2-3H3. The lowest BCUT2D eigenvalue weighted by molar-refractivity contribution is -0.163. The maximum atomic E-state index is 11.0. The van der Waals surface area contributed by atoms with Gasteiger partial charge in [0.25, 0.3) is 0 Å². The molecule has 3 unspecified atom stereocenters. The van der Waals surface area contributed by atoms with Crippen molar-refractivity contribution in [2.45, 2.75) is 38.6 Å². The smallest absolute Gasteiger partial charge is 0.303 e. The highest BCUT2D eigenvalue weighted by atomic mass is 16.6. The average Bonchev–Trinajstić information content (AvgIpc) is 2.28. The van der Waals surface area contributed by atoms with Gasteiger partial charge in [-0.3, -0.25) is 9.59 Å². The van der Waals surface area contributed by atoms with Crippen molar-refractivity contribution in [2.75, 3.05) is 6.61 Å². The molecule has 0 saturated heterocycles. The second kappa shape index (κ2) is 6.96. The Labute approximate surface area is 106 Å². The molecule has 18 heavy (non-hydrogen) atoms. The molecule has 1 aliphatic rings. The van der Waals surface area contributed by atoms with E-state index in [1.165, 1.54) is 13.8 Å². The van der Waals surface area contributed by atoms with Crippen LogP contribution in [0.2, 0.25) is 0 Å². The fourth-order valence-corrected chi connectivity index (χ4v) is 1.64. The molecule has 0 bridgehead atoms. The van der Waals surface area contributed by atoms with E-state index in [0.29, 0.717) is 6.42 Å². The molecular formula is C13H18O5. The van der Waals surface area contributed by atoms with Crippen molar-refractivity contribution >= 4 is 11.9 Å². The fraction of sp³-hybridized carbons (Fsp3) is 0.538. The molecule has 0 amide bonds. The van der Waals surface area contributed by atoms with Gasteiger partial charge in [-0.1, -0.05) is 12.2 Å². The quantitative estimate of drug-likeness (QED) is 0.548. The maximum Gasteiger partial charge on any atom is 0.303 e. The number of esters is 2. The summed E-state index contributed by atoms with van der Waals surface area (Å²) in [7, 11) is 0. The number of hydrogen-bond donors (Lipinski definition) is 0. The van der Waals surface area contributed by atoms with Crippen LogP contribution in [0.1, 0.15) is 20.3 Å². The highest BCUT2D eigenvalue weighted by molar-refractivity contribution is 5.66. The molecule has 0 aromatic carbocycles. The van der Waals surface area contributed by atoms with Gasteiger partial charge in [0, 0.05) is 13.8 Å². The van der Waals surface area contributed by atoms with E-state index in [-0.39, 0.29) is 12.7 Å². The zero-order chi connectivity index (χ0) is 13.5. The lowest BCUT2D eigenvalue weighted by Gasteiger charge is -2.31. The van der Waals surface area contributed by atoms with Crippen LogP contribution in [0.3, 0.4) is 0 Å². The van der Waals surface area contributed by atoms with Crippen molar-refractivity contribution in [2.24, 2.45) is 0 Å². The Hall–Kier alpha value is -1.62. The number of carbonyl (C=O) groups is 2. The Balaban J connectivity index is 2.65. The zero-order valence-electron chi connectivity index (χ0n) is 10.6. The van der Waals surface area contributed by atoms with Crippen molar-refractivity contribution in [1.29, 1.82) is 0 Å². The third-order valence-corrected chi connectivity index (χ3v) is 2.38. The van der Waals surface area contributed by atoms with Crippen LogP contribution in [-0.2, 0) is 23.8 Å². The van der Waals surface area contributed by atoms with Crippen molar-refractivity contribution < 1.29 is 23.8 Å². The molecule has 0 N–H and O–H groups in total. The molecule has 5 nitrogen and oxygen atoms in total. The molecule has 1 rings (SSSR count). The Kier molecular flexibility index (Phi) is 5.58. The molecular weight excluding hydrogens is 236 g/mol. The molecule has 0 saturated carbocycles. The van der Waals surface area contributed by atoms with E-state index < -0.39 is 24.1 Å². The van der Waals surface area contributed by atoms with Crippen LogP contribution in [0.4, 0.5) is 0 Å². The SMILES string of the molecule is C=CCC1C=CC(OC(C)=O)C(COC(C)=O)O1. The van der Waals surface area contributed by atoms with E-state index in [2.05, 4.69) is 6.58 Å². The highest BCUT2D eigenvalue weighted by Gasteiger charge is 2.29. The highest BCUT2D eigenvalue weighted by Crippen LogP contribution is 2.19. The second-order valence-electron chi connectivity index (χ2n) is 4.00. The first-order valence-electron chi connectivity index (χ1n) is 5.78. The van der Waals surface area contributed by atoms with Crippen molar-refractivity contribution in [3.8, 4) is 0 Å². The van der Waals surface area contributed by atoms with Gasteiger partial charge in [-0.15, -0.1) is 6.58 Å². The third-order valence-electron chi connectivity index (χ3n) is 2.38. The summed E-state index contributed by atoms with van der Waals surface area (Å²) in [5.41, 5.74) is 0. The van der Waals surface area contributed by atoms with Gasteiger partial charge in [0.1, 0.15) is 18.8 Å². The molecule has 0 aliphatic carbocycles. The van der Waals surface area contributed by atoms with E-state index in [0.717, 1.165) is 0 Å². The summed E-state index contributed by atoms with van der Waals surface area (Å²) in [5.74, 6) is -0.793. The summed E-state index contributed by atoms with van der Waals surface area (Å²) in [6.07, 6.45) is 4.84. The molecule has 0 aromatic heterocycles. The Morgan fingerprint density at radius 3 is 2.61 bits per heavy atom. The molecule has 1 aliphatic heterocycles. The van der Waals surface area contributed by atoms with E-state index >= 15 is 0 Å². The fourth-order valence-electron chi connectivity index (χ4n) is 1.64. The van der Waals surface area contributed by atoms with Gasteiger partial charge >= 0.3 is 11.9 Å². The number of rotatable bonds is 5. The lowest BCUT2D eigenvalue weighted by atomic mass is 10.1. The van der Waals surface area contributed by atoms with Crippen LogP contribution in [0.15, 0.2) is 24.8 Å². The minimum atomic E-state index is -0.525. The lowest BCUT2D eigenvalue weighted by Crippen LogP contribution is -2.41. The minimum absolute atomic E-state index is 0.0608.